The second kappa shape index (κ2) is 10.8. The molecule has 7 nitrogen and oxygen atoms in total. The molecule has 1 unspecified atom stereocenters. The third kappa shape index (κ3) is 6.65. The lowest BCUT2D eigenvalue weighted by Crippen LogP contribution is -2.37. The van der Waals surface area contributed by atoms with Crippen LogP contribution in [0.4, 0.5) is 0 Å². The molecule has 0 radical (unpaired) electrons. The van der Waals surface area contributed by atoms with Crippen LogP contribution in [0.25, 0.3) is 0 Å². The molecule has 1 fully saturated rings. The fourth-order valence-corrected chi connectivity index (χ4v) is 2.60. The van der Waals surface area contributed by atoms with Crippen molar-refractivity contribution in [2.45, 2.75) is 25.5 Å². The molecule has 1 saturated heterocycles. The van der Waals surface area contributed by atoms with Crippen molar-refractivity contribution in [2.24, 2.45) is 4.99 Å². The Bertz CT molecular complexity index is 581. The molecular weight excluding hydrogens is 332 g/mol. The summed E-state index contributed by atoms with van der Waals surface area (Å²) in [6.45, 7) is 3.69. The maximum absolute atomic E-state index is 11.9. The summed E-state index contributed by atoms with van der Waals surface area (Å²) in [5, 5.41) is 6.55. The molecule has 1 aromatic rings. The Labute approximate surface area is 155 Å². The van der Waals surface area contributed by atoms with Gasteiger partial charge in [0.2, 0.25) is 0 Å². The minimum absolute atomic E-state index is 0.00775. The number of nitrogens with one attached hydrogen (secondary N) is 2. The number of rotatable bonds is 8. The molecule has 0 bridgehead atoms. The maximum atomic E-state index is 11.9. The van der Waals surface area contributed by atoms with Crippen LogP contribution in [0.5, 0.6) is 0 Å². The van der Waals surface area contributed by atoms with E-state index in [-0.39, 0.29) is 12.0 Å². The van der Waals surface area contributed by atoms with Gasteiger partial charge in [-0.1, -0.05) is 12.1 Å². The first-order valence-corrected chi connectivity index (χ1v) is 9.04. The highest BCUT2D eigenvalue weighted by molar-refractivity contribution is 5.93. The lowest BCUT2D eigenvalue weighted by molar-refractivity contribution is 0.0420. The number of aliphatic imine (C=N–C) groups is 1. The van der Waals surface area contributed by atoms with Gasteiger partial charge in [-0.25, -0.2) is 0 Å². The van der Waals surface area contributed by atoms with Crippen LogP contribution in [-0.2, 0) is 16.0 Å². The van der Waals surface area contributed by atoms with Crippen LogP contribution < -0.4 is 10.6 Å². The van der Waals surface area contributed by atoms with Crippen LogP contribution in [0.15, 0.2) is 29.3 Å². The summed E-state index contributed by atoms with van der Waals surface area (Å²) in [4.78, 5) is 17.7. The summed E-state index contributed by atoms with van der Waals surface area (Å²) < 4.78 is 11.0. The van der Waals surface area contributed by atoms with E-state index in [1.807, 2.05) is 24.3 Å². The zero-order valence-electron chi connectivity index (χ0n) is 16.0. The van der Waals surface area contributed by atoms with E-state index in [4.69, 9.17) is 9.47 Å². The van der Waals surface area contributed by atoms with Crippen molar-refractivity contribution in [3.63, 3.8) is 0 Å². The first-order valence-electron chi connectivity index (χ1n) is 9.04. The maximum Gasteiger partial charge on any atom is 0.253 e. The van der Waals surface area contributed by atoms with Crippen LogP contribution in [0.1, 0.15) is 28.8 Å². The molecule has 1 aliphatic rings. The number of nitrogens with zero attached hydrogens (tertiary/aromatic N) is 2. The summed E-state index contributed by atoms with van der Waals surface area (Å²) in [6.07, 6.45) is 2.17. The van der Waals surface area contributed by atoms with Gasteiger partial charge in [-0.2, -0.15) is 0 Å². The zero-order valence-corrected chi connectivity index (χ0v) is 16.0. The van der Waals surface area contributed by atoms with E-state index >= 15 is 0 Å². The van der Waals surface area contributed by atoms with Crippen molar-refractivity contribution in [1.29, 1.82) is 0 Å². The Kier molecular flexibility index (Phi) is 8.37. The largest absolute Gasteiger partial charge is 0.379 e. The molecule has 1 heterocycles. The van der Waals surface area contributed by atoms with Crippen LogP contribution in [0, 0.1) is 0 Å². The molecule has 7 heteroatoms. The number of amides is 1. The molecule has 1 aliphatic heterocycles. The highest BCUT2D eigenvalue weighted by Crippen LogP contribution is 2.08. The standard InChI is InChI=1S/C19H30N4O3/c1-20-19(21-10-4-11-26-17-9-12-25-14-17)22-13-15-5-7-16(8-6-15)18(24)23(2)3/h5-8,17H,4,9-14H2,1-3H3,(H2,20,21,22). The van der Waals surface area contributed by atoms with Crippen LogP contribution >= 0.6 is 0 Å². The zero-order chi connectivity index (χ0) is 18.8. The quantitative estimate of drug-likeness (QED) is 0.414. The number of benzene rings is 1. The molecule has 2 N–H and O–H groups in total. The smallest absolute Gasteiger partial charge is 0.253 e. The topological polar surface area (TPSA) is 75.2 Å². The number of hydrogen-bond acceptors (Lipinski definition) is 4. The summed E-state index contributed by atoms with van der Waals surface area (Å²) in [5.41, 5.74) is 1.78. The lowest BCUT2D eigenvalue weighted by Gasteiger charge is -2.14. The van der Waals surface area contributed by atoms with Crippen LogP contribution in [-0.4, -0.2) is 70.4 Å². The van der Waals surface area contributed by atoms with Gasteiger partial charge < -0.3 is 25.0 Å². The highest BCUT2D eigenvalue weighted by Gasteiger charge is 2.15. The highest BCUT2D eigenvalue weighted by atomic mass is 16.5. The van der Waals surface area contributed by atoms with E-state index in [0.29, 0.717) is 12.1 Å². The minimum atomic E-state index is 0.00775. The van der Waals surface area contributed by atoms with Gasteiger partial charge in [-0.3, -0.25) is 9.79 Å². The van der Waals surface area contributed by atoms with Gasteiger partial charge in [0.05, 0.1) is 12.7 Å². The molecule has 1 aromatic carbocycles. The Morgan fingerprint density at radius 1 is 1.31 bits per heavy atom. The number of carbonyl (C=O) groups excluding carboxylic acids is 1. The number of carbonyl (C=O) groups is 1. The Balaban J connectivity index is 1.65. The lowest BCUT2D eigenvalue weighted by atomic mass is 10.1. The summed E-state index contributed by atoms with van der Waals surface area (Å²) in [5.74, 6) is 0.760. The fourth-order valence-electron chi connectivity index (χ4n) is 2.60. The fraction of sp³-hybridized carbons (Fsp3) is 0.579. The summed E-state index contributed by atoms with van der Waals surface area (Å²) >= 11 is 0. The minimum Gasteiger partial charge on any atom is -0.379 e. The normalized spacial score (nSPS) is 17.2. The van der Waals surface area contributed by atoms with Gasteiger partial charge in [-0.05, 0) is 30.5 Å². The molecule has 26 heavy (non-hydrogen) atoms. The molecule has 0 aliphatic carbocycles. The summed E-state index contributed by atoms with van der Waals surface area (Å²) in [7, 11) is 5.25. The van der Waals surface area contributed by atoms with Gasteiger partial charge in [0.15, 0.2) is 5.96 Å². The third-order valence-electron chi connectivity index (χ3n) is 4.15. The Morgan fingerprint density at radius 3 is 2.69 bits per heavy atom. The second-order valence-corrected chi connectivity index (χ2v) is 6.46. The molecule has 2 rings (SSSR count). The van der Waals surface area contributed by atoms with Crippen molar-refractivity contribution in [1.82, 2.24) is 15.5 Å². The monoisotopic (exact) mass is 362 g/mol. The molecule has 0 aromatic heterocycles. The Hall–Kier alpha value is -2.12. The first-order chi connectivity index (χ1) is 12.6. The number of guanidine groups is 1. The number of ether oxygens (including phenoxy) is 2. The van der Waals surface area contributed by atoms with Gasteiger partial charge in [0.25, 0.3) is 5.91 Å². The van der Waals surface area contributed by atoms with E-state index in [1.165, 1.54) is 0 Å². The van der Waals surface area contributed by atoms with Gasteiger partial charge >= 0.3 is 0 Å². The van der Waals surface area contributed by atoms with Crippen molar-refractivity contribution in [2.75, 3.05) is 47.5 Å². The van der Waals surface area contributed by atoms with E-state index in [2.05, 4.69) is 15.6 Å². The molecule has 1 amide bonds. The SMILES string of the molecule is CN=C(NCCCOC1CCOC1)NCc1ccc(C(=O)N(C)C)cc1. The predicted molar refractivity (Wildman–Crippen MR) is 102 cm³/mol. The molecule has 144 valence electrons. The third-order valence-corrected chi connectivity index (χ3v) is 4.15. The van der Waals surface area contributed by atoms with E-state index in [0.717, 1.165) is 50.7 Å². The molecule has 1 atom stereocenters. The predicted octanol–water partition coefficient (Wildman–Crippen LogP) is 1.25. The first kappa shape index (κ1) is 20.2. The molecule has 0 spiro atoms. The van der Waals surface area contributed by atoms with Gasteiger partial charge in [0, 0.05) is 53.0 Å². The molecular formula is C19H30N4O3. The van der Waals surface area contributed by atoms with E-state index in [1.54, 1.807) is 26.0 Å². The van der Waals surface area contributed by atoms with Crippen LogP contribution in [0.2, 0.25) is 0 Å². The van der Waals surface area contributed by atoms with Crippen molar-refractivity contribution < 1.29 is 14.3 Å². The van der Waals surface area contributed by atoms with Gasteiger partial charge in [0.1, 0.15) is 0 Å². The van der Waals surface area contributed by atoms with Crippen molar-refractivity contribution in [3.8, 4) is 0 Å². The average Bonchev–Trinajstić information content (AvgIpc) is 3.17. The molecule has 0 saturated carbocycles. The van der Waals surface area contributed by atoms with Crippen LogP contribution in [0.3, 0.4) is 0 Å². The summed E-state index contributed by atoms with van der Waals surface area (Å²) in [6, 6.07) is 7.60. The van der Waals surface area contributed by atoms with Crippen molar-refractivity contribution >= 4 is 11.9 Å². The average molecular weight is 362 g/mol. The number of hydrogen-bond donors (Lipinski definition) is 2. The van der Waals surface area contributed by atoms with E-state index in [9.17, 15) is 4.79 Å². The van der Waals surface area contributed by atoms with E-state index < -0.39 is 0 Å². The van der Waals surface area contributed by atoms with Gasteiger partial charge in [-0.15, -0.1) is 0 Å². The Morgan fingerprint density at radius 2 is 2.08 bits per heavy atom. The van der Waals surface area contributed by atoms with Crippen molar-refractivity contribution in [3.05, 3.63) is 35.4 Å². The second-order valence-electron chi connectivity index (χ2n) is 6.46.